The second-order valence-electron chi connectivity index (χ2n) is 5.83. The summed E-state index contributed by atoms with van der Waals surface area (Å²) in [5.41, 5.74) is 1.59. The van der Waals surface area contributed by atoms with Crippen LogP contribution in [0.15, 0.2) is 54.7 Å². The van der Waals surface area contributed by atoms with Gasteiger partial charge in [-0.2, -0.15) is 9.61 Å². The maximum absolute atomic E-state index is 13.7. The number of aryl methyl sites for hydroxylation is 1. The highest BCUT2D eigenvalue weighted by molar-refractivity contribution is 6.02. The predicted molar refractivity (Wildman–Crippen MR) is 97.1 cm³/mol. The SMILES string of the molecule is Cc1ccc(F)c(NC(=O)/C=C/c2nnc3c4ccccc4cnn23)c1. The summed E-state index contributed by atoms with van der Waals surface area (Å²) in [6.07, 6.45) is 4.48. The standard InChI is InChI=1S/C19H14FN5O/c1-12-6-7-15(20)16(10-12)22-18(26)9-8-17-23-24-19-14-5-3-2-4-13(14)11-21-25(17)19/h2-11H,1H3,(H,22,26)/b9-8+. The van der Waals surface area contributed by atoms with Gasteiger partial charge in [0, 0.05) is 16.8 Å². The van der Waals surface area contributed by atoms with E-state index in [0.29, 0.717) is 11.5 Å². The van der Waals surface area contributed by atoms with E-state index in [2.05, 4.69) is 20.6 Å². The number of halogens is 1. The van der Waals surface area contributed by atoms with Crippen molar-refractivity contribution in [2.45, 2.75) is 6.92 Å². The van der Waals surface area contributed by atoms with Crippen LogP contribution in [0.4, 0.5) is 10.1 Å². The fourth-order valence-corrected chi connectivity index (χ4v) is 2.67. The molecule has 4 aromatic rings. The van der Waals surface area contributed by atoms with Crippen LogP contribution in [0.25, 0.3) is 22.5 Å². The fraction of sp³-hybridized carbons (Fsp3) is 0.0526. The number of carbonyl (C=O) groups excluding carboxylic acids is 1. The Kier molecular flexibility index (Phi) is 3.89. The minimum atomic E-state index is -0.488. The van der Waals surface area contributed by atoms with Crippen LogP contribution in [-0.2, 0) is 4.79 Å². The van der Waals surface area contributed by atoms with Crippen molar-refractivity contribution in [3.63, 3.8) is 0 Å². The van der Waals surface area contributed by atoms with Crippen molar-refractivity contribution in [2.24, 2.45) is 0 Å². The highest BCUT2D eigenvalue weighted by Crippen LogP contribution is 2.18. The zero-order chi connectivity index (χ0) is 18.1. The molecule has 4 rings (SSSR count). The molecule has 0 unspecified atom stereocenters. The quantitative estimate of drug-likeness (QED) is 0.577. The van der Waals surface area contributed by atoms with E-state index in [4.69, 9.17) is 0 Å². The molecular formula is C19H14FN5O. The van der Waals surface area contributed by atoms with Crippen LogP contribution in [0.2, 0.25) is 0 Å². The van der Waals surface area contributed by atoms with Gasteiger partial charge < -0.3 is 5.32 Å². The Hall–Kier alpha value is -3.61. The van der Waals surface area contributed by atoms with E-state index in [1.54, 1.807) is 22.8 Å². The monoisotopic (exact) mass is 347 g/mol. The normalized spacial score (nSPS) is 11.5. The number of nitrogens with one attached hydrogen (secondary N) is 1. The molecule has 0 bridgehead atoms. The molecule has 2 heterocycles. The van der Waals surface area contributed by atoms with Gasteiger partial charge in [-0.15, -0.1) is 10.2 Å². The van der Waals surface area contributed by atoms with Gasteiger partial charge in [-0.25, -0.2) is 4.39 Å². The molecule has 0 spiro atoms. The molecule has 0 aliphatic rings. The number of aromatic nitrogens is 4. The van der Waals surface area contributed by atoms with E-state index in [1.807, 2.05) is 31.2 Å². The molecule has 0 radical (unpaired) electrons. The van der Waals surface area contributed by atoms with E-state index in [0.717, 1.165) is 16.3 Å². The van der Waals surface area contributed by atoms with Crippen LogP contribution in [0.1, 0.15) is 11.4 Å². The molecule has 2 aromatic carbocycles. The molecule has 0 atom stereocenters. The smallest absolute Gasteiger partial charge is 0.248 e. The molecule has 0 aliphatic carbocycles. The number of anilines is 1. The second kappa shape index (κ2) is 6.36. The molecule has 6 nitrogen and oxygen atoms in total. The summed E-state index contributed by atoms with van der Waals surface area (Å²) in [7, 11) is 0. The Morgan fingerprint density at radius 1 is 1.19 bits per heavy atom. The lowest BCUT2D eigenvalue weighted by molar-refractivity contribution is -0.111. The van der Waals surface area contributed by atoms with E-state index in [-0.39, 0.29) is 5.69 Å². The number of amides is 1. The number of benzene rings is 2. The number of carbonyl (C=O) groups is 1. The average Bonchev–Trinajstić information content (AvgIpc) is 3.06. The third-order valence-electron chi connectivity index (χ3n) is 3.94. The first-order chi connectivity index (χ1) is 12.6. The summed E-state index contributed by atoms with van der Waals surface area (Å²) in [5, 5.41) is 16.9. The third kappa shape index (κ3) is 2.90. The van der Waals surface area contributed by atoms with Crippen LogP contribution in [0.5, 0.6) is 0 Å². The molecule has 1 amide bonds. The van der Waals surface area contributed by atoms with Gasteiger partial charge in [0.1, 0.15) is 5.82 Å². The Balaban J connectivity index is 1.61. The fourth-order valence-electron chi connectivity index (χ4n) is 2.67. The highest BCUT2D eigenvalue weighted by Gasteiger charge is 2.09. The predicted octanol–water partition coefficient (Wildman–Crippen LogP) is 3.38. The summed E-state index contributed by atoms with van der Waals surface area (Å²) in [6, 6.07) is 12.2. The van der Waals surface area contributed by atoms with Crippen molar-refractivity contribution in [3.05, 3.63) is 71.9 Å². The Morgan fingerprint density at radius 3 is 2.92 bits per heavy atom. The number of hydrogen-bond donors (Lipinski definition) is 1. The van der Waals surface area contributed by atoms with Crippen LogP contribution < -0.4 is 5.32 Å². The number of fused-ring (bicyclic) bond motifs is 3. The first-order valence-corrected chi connectivity index (χ1v) is 7.96. The van der Waals surface area contributed by atoms with Crippen molar-refractivity contribution in [3.8, 4) is 0 Å². The topological polar surface area (TPSA) is 72.2 Å². The summed E-state index contributed by atoms with van der Waals surface area (Å²) >= 11 is 0. The van der Waals surface area contributed by atoms with Crippen molar-refractivity contribution in [1.29, 1.82) is 0 Å². The third-order valence-corrected chi connectivity index (χ3v) is 3.94. The van der Waals surface area contributed by atoms with Gasteiger partial charge in [0.2, 0.25) is 5.91 Å². The molecule has 2 aromatic heterocycles. The maximum Gasteiger partial charge on any atom is 0.248 e. The van der Waals surface area contributed by atoms with Crippen LogP contribution in [0, 0.1) is 12.7 Å². The van der Waals surface area contributed by atoms with Crippen LogP contribution in [0.3, 0.4) is 0 Å². The van der Waals surface area contributed by atoms with Crippen molar-refractivity contribution in [1.82, 2.24) is 19.8 Å². The Labute approximate surface area is 148 Å². The van der Waals surface area contributed by atoms with E-state index >= 15 is 0 Å². The first kappa shape index (κ1) is 15.9. The summed E-state index contributed by atoms with van der Waals surface area (Å²) in [4.78, 5) is 12.1. The largest absolute Gasteiger partial charge is 0.320 e. The number of nitrogens with zero attached hydrogens (tertiary/aromatic N) is 4. The minimum absolute atomic E-state index is 0.134. The first-order valence-electron chi connectivity index (χ1n) is 7.96. The summed E-state index contributed by atoms with van der Waals surface area (Å²) in [6.45, 7) is 1.82. The lowest BCUT2D eigenvalue weighted by atomic mass is 10.2. The van der Waals surface area contributed by atoms with E-state index in [1.165, 1.54) is 18.2 Å². The summed E-state index contributed by atoms with van der Waals surface area (Å²) < 4.78 is 15.3. The van der Waals surface area contributed by atoms with Gasteiger partial charge in [0.05, 0.1) is 11.9 Å². The number of rotatable bonds is 3. The number of hydrogen-bond acceptors (Lipinski definition) is 4. The average molecular weight is 347 g/mol. The molecule has 0 saturated heterocycles. The Bertz CT molecular complexity index is 1170. The van der Waals surface area contributed by atoms with Gasteiger partial charge in [-0.05, 0) is 30.7 Å². The second-order valence-corrected chi connectivity index (χ2v) is 5.83. The van der Waals surface area contributed by atoms with Gasteiger partial charge in [0.15, 0.2) is 11.5 Å². The zero-order valence-electron chi connectivity index (χ0n) is 13.8. The minimum Gasteiger partial charge on any atom is -0.320 e. The maximum atomic E-state index is 13.7. The molecule has 1 N–H and O–H groups in total. The van der Waals surface area contributed by atoms with Crippen LogP contribution >= 0.6 is 0 Å². The molecule has 0 aliphatic heterocycles. The van der Waals surface area contributed by atoms with Gasteiger partial charge in [0.25, 0.3) is 0 Å². The molecule has 128 valence electrons. The van der Waals surface area contributed by atoms with Crippen molar-refractivity contribution >= 4 is 34.1 Å². The van der Waals surface area contributed by atoms with Crippen molar-refractivity contribution in [2.75, 3.05) is 5.32 Å². The Morgan fingerprint density at radius 2 is 2.04 bits per heavy atom. The van der Waals surface area contributed by atoms with Gasteiger partial charge in [-0.1, -0.05) is 30.3 Å². The lowest BCUT2D eigenvalue weighted by Gasteiger charge is -2.04. The molecule has 0 fully saturated rings. The molecule has 7 heteroatoms. The summed E-state index contributed by atoms with van der Waals surface area (Å²) in [5.74, 6) is -0.545. The van der Waals surface area contributed by atoms with E-state index in [9.17, 15) is 9.18 Å². The van der Waals surface area contributed by atoms with Gasteiger partial charge >= 0.3 is 0 Å². The zero-order valence-corrected chi connectivity index (χ0v) is 13.8. The molecular weight excluding hydrogens is 333 g/mol. The highest BCUT2D eigenvalue weighted by atomic mass is 19.1. The van der Waals surface area contributed by atoms with Crippen LogP contribution in [-0.4, -0.2) is 25.7 Å². The van der Waals surface area contributed by atoms with Crippen molar-refractivity contribution < 1.29 is 9.18 Å². The van der Waals surface area contributed by atoms with Gasteiger partial charge in [-0.3, -0.25) is 4.79 Å². The molecule has 0 saturated carbocycles. The molecule has 26 heavy (non-hydrogen) atoms. The van der Waals surface area contributed by atoms with E-state index < -0.39 is 11.7 Å². The lowest BCUT2D eigenvalue weighted by Crippen LogP contribution is -2.09.